The average Bonchev–Trinajstić information content (AvgIpc) is 2.66. The zero-order valence-electron chi connectivity index (χ0n) is 8.00. The van der Waals surface area contributed by atoms with Crippen molar-refractivity contribution in [1.29, 1.82) is 0 Å². The number of hydrogen-bond acceptors (Lipinski definition) is 2. The van der Waals surface area contributed by atoms with Gasteiger partial charge in [-0.25, -0.2) is 0 Å². The zero-order valence-corrected chi connectivity index (χ0v) is 12.0. The highest BCUT2D eigenvalue weighted by Gasteiger charge is 2.48. The Morgan fingerprint density at radius 1 is 1.27 bits per heavy atom. The first kappa shape index (κ1) is 10.5. The summed E-state index contributed by atoms with van der Waals surface area (Å²) < 4.78 is 2.02. The van der Waals surface area contributed by atoms with Crippen LogP contribution in [-0.4, -0.2) is 5.78 Å². The largest absolute Gasteiger partial charge is 0.293 e. The molecule has 0 amide bonds. The molecule has 2 saturated carbocycles. The van der Waals surface area contributed by atoms with Gasteiger partial charge in [0.1, 0.15) is 0 Å². The Morgan fingerprint density at radius 3 is 2.47 bits per heavy atom. The Labute approximate surface area is 110 Å². The van der Waals surface area contributed by atoms with Crippen molar-refractivity contribution in [2.24, 2.45) is 17.8 Å². The van der Waals surface area contributed by atoms with Crippen molar-refractivity contribution in [2.45, 2.75) is 19.3 Å². The molecule has 0 N–H and O–H groups in total. The highest BCUT2D eigenvalue weighted by atomic mass is 79.9. The number of thiophene rings is 1. The van der Waals surface area contributed by atoms with Crippen LogP contribution in [0.1, 0.15) is 28.9 Å². The maximum Gasteiger partial charge on any atom is 0.175 e. The molecule has 1 aromatic rings. The van der Waals surface area contributed by atoms with Crippen LogP contribution in [-0.2, 0) is 0 Å². The molecule has 0 aliphatic heterocycles. The molecule has 0 radical (unpaired) electrons. The normalized spacial score (nSPS) is 32.8. The third kappa shape index (κ3) is 1.85. The summed E-state index contributed by atoms with van der Waals surface area (Å²) in [5, 5.41) is 0. The number of carbonyl (C=O) groups excluding carboxylic acids is 1. The van der Waals surface area contributed by atoms with Crippen LogP contribution < -0.4 is 0 Å². The molecule has 4 heteroatoms. The van der Waals surface area contributed by atoms with Crippen LogP contribution in [0, 0.1) is 17.8 Å². The summed E-state index contributed by atoms with van der Waals surface area (Å²) in [7, 11) is 0. The molecule has 15 heavy (non-hydrogen) atoms. The Kier molecular flexibility index (Phi) is 2.57. The highest BCUT2D eigenvalue weighted by Crippen LogP contribution is 2.55. The molecule has 3 rings (SSSR count). The van der Waals surface area contributed by atoms with E-state index < -0.39 is 0 Å². The van der Waals surface area contributed by atoms with Crippen LogP contribution in [0.15, 0.2) is 14.3 Å². The molecule has 80 valence electrons. The summed E-state index contributed by atoms with van der Waals surface area (Å²) in [6.07, 6.45) is 3.65. The fourth-order valence-electron chi connectivity index (χ4n) is 2.60. The molecule has 2 aliphatic rings. The number of fused-ring (bicyclic) bond motifs is 1. The molecule has 1 nitrogen and oxygen atoms in total. The van der Waals surface area contributed by atoms with Gasteiger partial charge in [-0.05, 0) is 69.0 Å². The quantitative estimate of drug-likeness (QED) is 0.718. The first-order valence-corrected chi connectivity index (χ1v) is 7.54. The predicted octanol–water partition coefficient (Wildman–Crippen LogP) is 4.50. The van der Waals surface area contributed by atoms with Crippen LogP contribution in [0.3, 0.4) is 0 Å². The number of carbonyl (C=O) groups is 1. The number of halogens is 2. The predicted molar refractivity (Wildman–Crippen MR) is 68.4 cm³/mol. The molecule has 1 heterocycles. The summed E-state index contributed by atoms with van der Waals surface area (Å²) in [6, 6.07) is 1.95. The van der Waals surface area contributed by atoms with E-state index in [1.54, 1.807) is 11.3 Å². The summed E-state index contributed by atoms with van der Waals surface area (Å²) in [5.74, 6) is 2.43. The average molecular weight is 350 g/mol. The van der Waals surface area contributed by atoms with E-state index in [0.29, 0.717) is 11.7 Å². The lowest BCUT2D eigenvalue weighted by Gasteiger charge is -2.07. The molecule has 2 fully saturated rings. The fraction of sp³-hybridized carbons (Fsp3) is 0.545. The van der Waals surface area contributed by atoms with Gasteiger partial charge in [-0.3, -0.25) is 4.79 Å². The Balaban J connectivity index is 1.79. The van der Waals surface area contributed by atoms with Crippen molar-refractivity contribution in [3.63, 3.8) is 0 Å². The number of hydrogen-bond donors (Lipinski definition) is 0. The summed E-state index contributed by atoms with van der Waals surface area (Å²) >= 11 is 8.40. The van der Waals surface area contributed by atoms with E-state index in [-0.39, 0.29) is 0 Å². The third-order valence-corrected chi connectivity index (χ3v) is 6.77. The smallest absolute Gasteiger partial charge is 0.175 e. The lowest BCUT2D eigenvalue weighted by atomic mass is 9.97. The van der Waals surface area contributed by atoms with Crippen molar-refractivity contribution in [2.75, 3.05) is 0 Å². The molecule has 0 aromatic carbocycles. The zero-order chi connectivity index (χ0) is 10.6. The number of rotatable bonds is 2. The molecular weight excluding hydrogens is 340 g/mol. The molecule has 2 unspecified atom stereocenters. The molecule has 2 atom stereocenters. The Morgan fingerprint density at radius 2 is 1.93 bits per heavy atom. The van der Waals surface area contributed by atoms with Gasteiger partial charge in [0.15, 0.2) is 5.78 Å². The molecule has 0 saturated heterocycles. The van der Waals surface area contributed by atoms with Gasteiger partial charge in [-0.1, -0.05) is 0 Å². The lowest BCUT2D eigenvalue weighted by Crippen LogP contribution is -2.11. The molecule has 2 aliphatic carbocycles. The Hall–Kier alpha value is 0.330. The van der Waals surface area contributed by atoms with Gasteiger partial charge in [0.25, 0.3) is 0 Å². The highest BCUT2D eigenvalue weighted by molar-refractivity contribution is 9.13. The topological polar surface area (TPSA) is 17.1 Å². The van der Waals surface area contributed by atoms with Crippen LogP contribution in [0.4, 0.5) is 0 Å². The van der Waals surface area contributed by atoms with Crippen molar-refractivity contribution in [3.05, 3.63) is 19.2 Å². The summed E-state index contributed by atoms with van der Waals surface area (Å²) in [6.45, 7) is 0. The monoisotopic (exact) mass is 348 g/mol. The summed E-state index contributed by atoms with van der Waals surface area (Å²) in [5.41, 5.74) is 0. The second kappa shape index (κ2) is 3.67. The van der Waals surface area contributed by atoms with Crippen molar-refractivity contribution < 1.29 is 4.79 Å². The third-order valence-electron chi connectivity index (χ3n) is 3.50. The van der Waals surface area contributed by atoms with Crippen molar-refractivity contribution >= 4 is 49.0 Å². The second-order valence-electron chi connectivity index (χ2n) is 4.52. The van der Waals surface area contributed by atoms with Crippen LogP contribution in [0.2, 0.25) is 0 Å². The summed E-state index contributed by atoms with van der Waals surface area (Å²) in [4.78, 5) is 13.1. The van der Waals surface area contributed by atoms with Gasteiger partial charge in [0.05, 0.1) is 8.66 Å². The van der Waals surface area contributed by atoms with Gasteiger partial charge in [0, 0.05) is 10.4 Å². The number of Topliss-reactive ketones (excluding diaryl/α,β-unsaturated/α-hetero) is 1. The van der Waals surface area contributed by atoms with E-state index in [4.69, 9.17) is 0 Å². The number of ketones is 1. The minimum absolute atomic E-state index is 0.311. The van der Waals surface area contributed by atoms with E-state index in [0.717, 1.165) is 37.8 Å². The minimum atomic E-state index is 0.311. The maximum atomic E-state index is 12.1. The lowest BCUT2D eigenvalue weighted by molar-refractivity contribution is 0.0918. The van der Waals surface area contributed by atoms with Gasteiger partial charge in [0.2, 0.25) is 0 Å². The van der Waals surface area contributed by atoms with E-state index in [9.17, 15) is 4.79 Å². The van der Waals surface area contributed by atoms with Crippen LogP contribution in [0.25, 0.3) is 0 Å². The van der Waals surface area contributed by atoms with Crippen LogP contribution >= 0.6 is 43.2 Å². The van der Waals surface area contributed by atoms with Crippen molar-refractivity contribution in [3.8, 4) is 0 Å². The molecule has 0 spiro atoms. The first-order valence-electron chi connectivity index (χ1n) is 5.14. The fourth-order valence-corrected chi connectivity index (χ4v) is 4.65. The standard InChI is InChI=1S/C11H10Br2OS/c12-8-4-9(15-11(8)13)10(14)7-2-5-1-6(5)3-7/h4-7H,1-3H2. The first-order chi connectivity index (χ1) is 7.15. The van der Waals surface area contributed by atoms with Gasteiger partial charge >= 0.3 is 0 Å². The van der Waals surface area contributed by atoms with E-state index in [2.05, 4.69) is 31.9 Å². The molecule has 0 bridgehead atoms. The maximum absolute atomic E-state index is 12.1. The molecule has 1 aromatic heterocycles. The van der Waals surface area contributed by atoms with Crippen LogP contribution in [0.5, 0.6) is 0 Å². The van der Waals surface area contributed by atoms with Gasteiger partial charge < -0.3 is 0 Å². The van der Waals surface area contributed by atoms with E-state index >= 15 is 0 Å². The van der Waals surface area contributed by atoms with Gasteiger partial charge in [-0.15, -0.1) is 11.3 Å². The van der Waals surface area contributed by atoms with Gasteiger partial charge in [-0.2, -0.15) is 0 Å². The second-order valence-corrected chi connectivity index (χ2v) is 7.75. The SMILES string of the molecule is O=C(c1cc(Br)c(Br)s1)C1CC2CC2C1. The Bertz CT molecular complexity index is 397. The van der Waals surface area contributed by atoms with Crippen molar-refractivity contribution in [1.82, 2.24) is 0 Å². The molecular formula is C11H10Br2OS. The van der Waals surface area contributed by atoms with E-state index in [1.807, 2.05) is 6.07 Å². The minimum Gasteiger partial charge on any atom is -0.293 e. The van der Waals surface area contributed by atoms with E-state index in [1.165, 1.54) is 6.42 Å².